The molecule has 33 heavy (non-hydrogen) atoms. The minimum atomic E-state index is -0.750. The van der Waals surface area contributed by atoms with Gasteiger partial charge in [0.15, 0.2) is 12.3 Å². The Morgan fingerprint density at radius 2 is 1.85 bits per heavy atom. The SMILES string of the molecule is CC(C)CN(C(=O)COc1ccc(Cl)cc1Cl)c1c(N)n(Cc2ccccc2)c(=O)[nH]c1=O. The molecule has 0 aliphatic rings. The summed E-state index contributed by atoms with van der Waals surface area (Å²) in [6, 6.07) is 13.8. The predicted molar refractivity (Wildman–Crippen MR) is 130 cm³/mol. The highest BCUT2D eigenvalue weighted by Crippen LogP contribution is 2.28. The molecular formula is C23H24Cl2N4O4. The first-order chi connectivity index (χ1) is 15.7. The number of nitrogens with two attached hydrogens (primary N) is 1. The number of amides is 1. The average Bonchev–Trinajstić information content (AvgIpc) is 2.75. The quantitative estimate of drug-likeness (QED) is 0.501. The number of benzene rings is 2. The van der Waals surface area contributed by atoms with E-state index in [0.29, 0.717) is 5.02 Å². The Balaban J connectivity index is 1.95. The van der Waals surface area contributed by atoms with Crippen molar-refractivity contribution in [1.29, 1.82) is 0 Å². The molecule has 0 saturated heterocycles. The largest absolute Gasteiger partial charge is 0.482 e. The van der Waals surface area contributed by atoms with Crippen molar-refractivity contribution >= 4 is 40.6 Å². The van der Waals surface area contributed by atoms with Crippen LogP contribution in [-0.4, -0.2) is 28.6 Å². The maximum absolute atomic E-state index is 13.1. The summed E-state index contributed by atoms with van der Waals surface area (Å²) >= 11 is 12.0. The van der Waals surface area contributed by atoms with Gasteiger partial charge in [0.1, 0.15) is 11.6 Å². The first kappa shape index (κ1) is 24.4. The topological polar surface area (TPSA) is 110 Å². The zero-order chi connectivity index (χ0) is 24.1. The molecule has 1 amide bonds. The summed E-state index contributed by atoms with van der Waals surface area (Å²) in [5.41, 5.74) is 5.57. The fraction of sp³-hybridized carbons (Fsp3) is 0.261. The number of nitrogens with one attached hydrogen (secondary N) is 1. The third kappa shape index (κ3) is 5.97. The van der Waals surface area contributed by atoms with Gasteiger partial charge in [-0.05, 0) is 29.7 Å². The molecule has 3 N–H and O–H groups in total. The van der Waals surface area contributed by atoms with Crippen molar-refractivity contribution in [3.63, 3.8) is 0 Å². The van der Waals surface area contributed by atoms with Crippen molar-refractivity contribution in [1.82, 2.24) is 9.55 Å². The van der Waals surface area contributed by atoms with Crippen LogP contribution in [0, 0.1) is 5.92 Å². The molecular weight excluding hydrogens is 467 g/mol. The molecule has 2 aromatic carbocycles. The van der Waals surface area contributed by atoms with Crippen LogP contribution in [0.2, 0.25) is 10.0 Å². The maximum atomic E-state index is 13.1. The second-order valence-electron chi connectivity index (χ2n) is 7.83. The number of nitrogens with zero attached hydrogens (tertiary/aromatic N) is 2. The van der Waals surface area contributed by atoms with Gasteiger partial charge < -0.3 is 15.4 Å². The molecule has 0 radical (unpaired) electrons. The Labute approximate surface area is 200 Å². The van der Waals surface area contributed by atoms with Crippen molar-refractivity contribution in [2.45, 2.75) is 20.4 Å². The number of nitrogen functional groups attached to an aromatic ring is 1. The molecule has 0 unspecified atom stereocenters. The molecule has 0 aliphatic heterocycles. The van der Waals surface area contributed by atoms with Crippen LogP contribution in [0.25, 0.3) is 0 Å². The van der Waals surface area contributed by atoms with E-state index in [-0.39, 0.29) is 41.3 Å². The van der Waals surface area contributed by atoms with Gasteiger partial charge in [0, 0.05) is 11.6 Å². The second kappa shape index (κ2) is 10.6. The Bertz CT molecular complexity index is 1260. The number of carbonyl (C=O) groups is 1. The third-order valence-corrected chi connectivity index (χ3v) is 5.29. The monoisotopic (exact) mass is 490 g/mol. The van der Waals surface area contributed by atoms with Crippen LogP contribution in [0.5, 0.6) is 5.75 Å². The molecule has 3 aromatic rings. The maximum Gasteiger partial charge on any atom is 0.330 e. The number of rotatable bonds is 8. The molecule has 0 spiro atoms. The molecule has 0 bridgehead atoms. The van der Waals surface area contributed by atoms with Crippen LogP contribution in [0.1, 0.15) is 19.4 Å². The van der Waals surface area contributed by atoms with Crippen LogP contribution in [0.4, 0.5) is 11.5 Å². The van der Waals surface area contributed by atoms with Crippen molar-refractivity contribution in [3.05, 3.63) is 85.0 Å². The standard InChI is InChI=1S/C23H24Cl2N4O4/c1-14(2)11-28(19(30)13-33-18-9-8-16(24)10-17(18)25)20-21(26)29(23(32)27-22(20)31)12-15-6-4-3-5-7-15/h3-10,14H,11-13,26H2,1-2H3,(H,27,31,32). The van der Waals surface area contributed by atoms with Crippen LogP contribution in [0.3, 0.4) is 0 Å². The van der Waals surface area contributed by atoms with Gasteiger partial charge in [-0.25, -0.2) is 4.79 Å². The smallest absolute Gasteiger partial charge is 0.330 e. The summed E-state index contributed by atoms with van der Waals surface area (Å²) in [6.07, 6.45) is 0. The van der Waals surface area contributed by atoms with Crippen LogP contribution in [-0.2, 0) is 11.3 Å². The Morgan fingerprint density at radius 3 is 2.48 bits per heavy atom. The number of H-pyrrole nitrogens is 1. The summed E-state index contributed by atoms with van der Waals surface area (Å²) in [6.45, 7) is 3.71. The van der Waals surface area contributed by atoms with Crippen LogP contribution >= 0.6 is 23.2 Å². The molecule has 174 valence electrons. The molecule has 0 atom stereocenters. The van der Waals surface area contributed by atoms with Gasteiger partial charge in [0.25, 0.3) is 11.5 Å². The predicted octanol–water partition coefficient (Wildman–Crippen LogP) is 3.54. The number of hydrogen-bond donors (Lipinski definition) is 2. The van der Waals surface area contributed by atoms with Gasteiger partial charge >= 0.3 is 5.69 Å². The van der Waals surface area contributed by atoms with Crippen LogP contribution in [0.15, 0.2) is 58.1 Å². The molecule has 10 heteroatoms. The van der Waals surface area contributed by atoms with Gasteiger partial charge in [-0.15, -0.1) is 0 Å². The summed E-state index contributed by atoms with van der Waals surface area (Å²) in [7, 11) is 0. The zero-order valence-corrected chi connectivity index (χ0v) is 19.7. The highest BCUT2D eigenvalue weighted by atomic mass is 35.5. The van der Waals surface area contributed by atoms with Gasteiger partial charge in [-0.1, -0.05) is 67.4 Å². The van der Waals surface area contributed by atoms with Crippen molar-refractivity contribution in [2.24, 2.45) is 5.92 Å². The lowest BCUT2D eigenvalue weighted by molar-refractivity contribution is -0.120. The highest BCUT2D eigenvalue weighted by Gasteiger charge is 2.25. The van der Waals surface area contributed by atoms with Gasteiger partial charge in [-0.3, -0.25) is 19.1 Å². The fourth-order valence-corrected chi connectivity index (χ4v) is 3.72. The Hall–Kier alpha value is -3.23. The number of ether oxygens (including phenoxy) is 1. The molecule has 0 saturated carbocycles. The highest BCUT2D eigenvalue weighted by molar-refractivity contribution is 6.35. The number of aromatic nitrogens is 2. The first-order valence-electron chi connectivity index (χ1n) is 10.2. The zero-order valence-electron chi connectivity index (χ0n) is 18.2. The van der Waals surface area contributed by atoms with E-state index in [4.69, 9.17) is 33.7 Å². The van der Waals surface area contributed by atoms with E-state index in [9.17, 15) is 14.4 Å². The fourth-order valence-electron chi connectivity index (χ4n) is 3.25. The van der Waals surface area contributed by atoms with E-state index in [2.05, 4.69) is 4.98 Å². The molecule has 0 aliphatic carbocycles. The average molecular weight is 491 g/mol. The molecule has 1 heterocycles. The molecule has 8 nitrogen and oxygen atoms in total. The van der Waals surface area contributed by atoms with E-state index in [0.717, 1.165) is 5.56 Å². The Morgan fingerprint density at radius 1 is 1.15 bits per heavy atom. The van der Waals surface area contributed by atoms with Crippen molar-refractivity contribution < 1.29 is 9.53 Å². The van der Waals surface area contributed by atoms with Gasteiger partial charge in [-0.2, -0.15) is 0 Å². The van der Waals surface area contributed by atoms with E-state index in [1.807, 2.05) is 44.2 Å². The number of aromatic amines is 1. The third-order valence-electron chi connectivity index (χ3n) is 4.76. The second-order valence-corrected chi connectivity index (χ2v) is 8.67. The number of anilines is 2. The van der Waals surface area contributed by atoms with Crippen molar-refractivity contribution in [2.75, 3.05) is 23.8 Å². The summed E-state index contributed by atoms with van der Waals surface area (Å²) in [5.74, 6) is -0.348. The van der Waals surface area contributed by atoms with E-state index in [1.54, 1.807) is 12.1 Å². The number of hydrogen-bond acceptors (Lipinski definition) is 5. The summed E-state index contributed by atoms with van der Waals surface area (Å²) in [4.78, 5) is 41.9. The molecule has 1 aromatic heterocycles. The lowest BCUT2D eigenvalue weighted by atomic mass is 10.2. The number of carbonyl (C=O) groups excluding carboxylic acids is 1. The number of halogens is 2. The van der Waals surface area contributed by atoms with E-state index in [1.165, 1.54) is 15.5 Å². The normalized spacial score (nSPS) is 10.9. The Kier molecular flexibility index (Phi) is 7.84. The minimum Gasteiger partial charge on any atom is -0.482 e. The lowest BCUT2D eigenvalue weighted by Gasteiger charge is -2.26. The molecule has 0 fully saturated rings. The van der Waals surface area contributed by atoms with Gasteiger partial charge in [0.05, 0.1) is 11.6 Å². The van der Waals surface area contributed by atoms with Gasteiger partial charge in [0.2, 0.25) is 0 Å². The van der Waals surface area contributed by atoms with E-state index >= 15 is 0 Å². The summed E-state index contributed by atoms with van der Waals surface area (Å²) in [5, 5.41) is 0.680. The van der Waals surface area contributed by atoms with E-state index < -0.39 is 23.8 Å². The summed E-state index contributed by atoms with van der Waals surface area (Å²) < 4.78 is 6.79. The van der Waals surface area contributed by atoms with Crippen molar-refractivity contribution in [3.8, 4) is 5.75 Å². The minimum absolute atomic E-state index is 0.00127. The van der Waals surface area contributed by atoms with Crippen LogP contribution < -0.4 is 26.6 Å². The first-order valence-corrected chi connectivity index (χ1v) is 11.0. The lowest BCUT2D eigenvalue weighted by Crippen LogP contribution is -2.44. The molecule has 3 rings (SSSR count).